The van der Waals surface area contributed by atoms with Gasteiger partial charge in [-0.2, -0.15) is 0 Å². The summed E-state index contributed by atoms with van der Waals surface area (Å²) in [6.45, 7) is 4.39. The number of nitrogens with zero attached hydrogens (tertiary/aromatic N) is 2. The fourth-order valence-electron chi connectivity index (χ4n) is 1.89. The molecule has 0 saturated heterocycles. The Hall–Kier alpha value is -2.30. The molecule has 1 aliphatic rings. The van der Waals surface area contributed by atoms with E-state index in [2.05, 4.69) is 29.1 Å². The number of nitrogens with one attached hydrogen (secondary N) is 1. The van der Waals surface area contributed by atoms with E-state index in [-0.39, 0.29) is 6.79 Å². The average molecular weight is 257 g/mol. The largest absolute Gasteiger partial charge is 0.454 e. The van der Waals surface area contributed by atoms with Crippen LogP contribution in [0.5, 0.6) is 11.5 Å². The molecule has 0 fully saturated rings. The molecular weight excluding hydrogens is 242 g/mol. The fraction of sp³-hybridized carbons (Fsp3) is 0.286. The van der Waals surface area contributed by atoms with Crippen LogP contribution in [0.3, 0.4) is 0 Å². The molecule has 1 N–H and O–H groups in total. The number of ether oxygens (including phenoxy) is 2. The maximum Gasteiger partial charge on any atom is 0.231 e. The van der Waals surface area contributed by atoms with Gasteiger partial charge in [-0.25, -0.2) is 9.97 Å². The molecule has 1 aromatic heterocycles. The van der Waals surface area contributed by atoms with Gasteiger partial charge in [-0.3, -0.25) is 0 Å². The first kappa shape index (κ1) is 11.8. The standard InChI is InChI=1S/C14H15N3O2/c1-9(2)17-14-15-6-11(7-16-14)10-3-4-12-13(5-10)19-8-18-12/h3-7,9H,8H2,1-2H3,(H,15,16,17). The van der Waals surface area contributed by atoms with Crippen LogP contribution in [0.1, 0.15) is 13.8 Å². The first-order valence-corrected chi connectivity index (χ1v) is 6.21. The van der Waals surface area contributed by atoms with E-state index in [1.807, 2.05) is 18.2 Å². The molecule has 2 aromatic rings. The van der Waals surface area contributed by atoms with Crippen LogP contribution < -0.4 is 14.8 Å². The molecule has 0 unspecified atom stereocenters. The van der Waals surface area contributed by atoms with Crippen LogP contribution >= 0.6 is 0 Å². The first-order chi connectivity index (χ1) is 9.22. The zero-order valence-corrected chi connectivity index (χ0v) is 10.9. The van der Waals surface area contributed by atoms with Crippen molar-refractivity contribution in [3.8, 4) is 22.6 Å². The van der Waals surface area contributed by atoms with Crippen molar-refractivity contribution in [2.75, 3.05) is 12.1 Å². The summed E-state index contributed by atoms with van der Waals surface area (Å²) >= 11 is 0. The Bertz CT molecular complexity index is 582. The molecule has 0 saturated carbocycles. The third-order valence-electron chi connectivity index (χ3n) is 2.78. The minimum Gasteiger partial charge on any atom is -0.454 e. The number of hydrogen-bond acceptors (Lipinski definition) is 5. The van der Waals surface area contributed by atoms with Crippen LogP contribution in [0.4, 0.5) is 5.95 Å². The summed E-state index contributed by atoms with van der Waals surface area (Å²) in [5, 5.41) is 3.16. The Morgan fingerprint density at radius 2 is 1.79 bits per heavy atom. The summed E-state index contributed by atoms with van der Waals surface area (Å²) in [6.07, 6.45) is 3.60. The van der Waals surface area contributed by atoms with Crippen molar-refractivity contribution in [1.82, 2.24) is 9.97 Å². The van der Waals surface area contributed by atoms with Crippen molar-refractivity contribution in [2.45, 2.75) is 19.9 Å². The Balaban J connectivity index is 1.86. The maximum atomic E-state index is 5.36. The van der Waals surface area contributed by atoms with Crippen LogP contribution in [0.25, 0.3) is 11.1 Å². The molecule has 1 aliphatic heterocycles. The first-order valence-electron chi connectivity index (χ1n) is 6.21. The minimum atomic E-state index is 0.284. The molecule has 2 heterocycles. The van der Waals surface area contributed by atoms with Gasteiger partial charge in [0.25, 0.3) is 0 Å². The molecule has 0 atom stereocenters. The Kier molecular flexibility index (Phi) is 2.95. The highest BCUT2D eigenvalue weighted by Gasteiger charge is 2.14. The SMILES string of the molecule is CC(C)Nc1ncc(-c2ccc3c(c2)OCO3)cn1. The van der Waals surface area contributed by atoms with E-state index in [0.717, 1.165) is 22.6 Å². The maximum absolute atomic E-state index is 5.36. The lowest BCUT2D eigenvalue weighted by molar-refractivity contribution is 0.174. The molecule has 5 heteroatoms. The van der Waals surface area contributed by atoms with Crippen molar-refractivity contribution >= 4 is 5.95 Å². The third-order valence-corrected chi connectivity index (χ3v) is 2.78. The second-order valence-corrected chi connectivity index (χ2v) is 4.66. The van der Waals surface area contributed by atoms with E-state index < -0.39 is 0 Å². The van der Waals surface area contributed by atoms with Gasteiger partial charge in [-0.15, -0.1) is 0 Å². The molecule has 98 valence electrons. The van der Waals surface area contributed by atoms with Crippen molar-refractivity contribution < 1.29 is 9.47 Å². The lowest BCUT2D eigenvalue weighted by Crippen LogP contribution is -2.12. The summed E-state index contributed by atoms with van der Waals surface area (Å²) in [7, 11) is 0. The number of rotatable bonds is 3. The molecule has 0 aliphatic carbocycles. The van der Waals surface area contributed by atoms with Crippen LogP contribution in [0.2, 0.25) is 0 Å². The molecule has 3 rings (SSSR count). The number of fused-ring (bicyclic) bond motifs is 1. The van der Waals surface area contributed by atoms with Gasteiger partial charge in [-0.1, -0.05) is 6.07 Å². The smallest absolute Gasteiger partial charge is 0.231 e. The molecule has 0 spiro atoms. The van der Waals surface area contributed by atoms with E-state index in [1.165, 1.54) is 0 Å². The van der Waals surface area contributed by atoms with Crippen LogP contribution in [-0.2, 0) is 0 Å². The Labute approximate surface area is 111 Å². The summed E-state index contributed by atoms with van der Waals surface area (Å²) in [5.74, 6) is 2.18. The van der Waals surface area contributed by atoms with Gasteiger partial charge in [0.05, 0.1) is 0 Å². The zero-order valence-electron chi connectivity index (χ0n) is 10.9. The van der Waals surface area contributed by atoms with Gasteiger partial charge in [0.1, 0.15) is 0 Å². The van der Waals surface area contributed by atoms with Gasteiger partial charge in [0, 0.05) is 24.0 Å². The minimum absolute atomic E-state index is 0.284. The second-order valence-electron chi connectivity index (χ2n) is 4.66. The Morgan fingerprint density at radius 1 is 1.05 bits per heavy atom. The number of hydrogen-bond donors (Lipinski definition) is 1. The lowest BCUT2D eigenvalue weighted by atomic mass is 10.1. The normalized spacial score (nSPS) is 12.8. The molecule has 0 amide bonds. The van der Waals surface area contributed by atoms with E-state index in [4.69, 9.17) is 9.47 Å². The predicted molar refractivity (Wildman–Crippen MR) is 72.3 cm³/mol. The molecule has 0 bridgehead atoms. The summed E-state index contributed by atoms with van der Waals surface area (Å²) in [4.78, 5) is 8.59. The monoisotopic (exact) mass is 257 g/mol. The van der Waals surface area contributed by atoms with Gasteiger partial charge >= 0.3 is 0 Å². The van der Waals surface area contributed by atoms with Gasteiger partial charge < -0.3 is 14.8 Å². The van der Waals surface area contributed by atoms with E-state index in [9.17, 15) is 0 Å². The highest BCUT2D eigenvalue weighted by atomic mass is 16.7. The van der Waals surface area contributed by atoms with Crippen molar-refractivity contribution in [3.63, 3.8) is 0 Å². The molecule has 5 nitrogen and oxygen atoms in total. The molecular formula is C14H15N3O2. The van der Waals surface area contributed by atoms with Gasteiger partial charge in [0.15, 0.2) is 11.5 Å². The number of anilines is 1. The van der Waals surface area contributed by atoms with Gasteiger partial charge in [0.2, 0.25) is 12.7 Å². The van der Waals surface area contributed by atoms with Gasteiger partial charge in [-0.05, 0) is 31.5 Å². The quantitative estimate of drug-likeness (QED) is 0.916. The van der Waals surface area contributed by atoms with Crippen molar-refractivity contribution in [1.29, 1.82) is 0 Å². The highest BCUT2D eigenvalue weighted by molar-refractivity contribution is 5.66. The topological polar surface area (TPSA) is 56.3 Å². The zero-order chi connectivity index (χ0) is 13.2. The summed E-state index contributed by atoms with van der Waals surface area (Å²) in [6, 6.07) is 6.13. The molecule has 19 heavy (non-hydrogen) atoms. The highest BCUT2D eigenvalue weighted by Crippen LogP contribution is 2.35. The summed E-state index contributed by atoms with van der Waals surface area (Å²) < 4.78 is 10.7. The average Bonchev–Trinajstić information content (AvgIpc) is 2.86. The van der Waals surface area contributed by atoms with Crippen LogP contribution in [0.15, 0.2) is 30.6 Å². The van der Waals surface area contributed by atoms with E-state index in [1.54, 1.807) is 12.4 Å². The molecule has 1 aromatic carbocycles. The lowest BCUT2D eigenvalue weighted by Gasteiger charge is -2.08. The van der Waals surface area contributed by atoms with E-state index in [0.29, 0.717) is 12.0 Å². The molecule has 0 radical (unpaired) electrons. The van der Waals surface area contributed by atoms with Crippen LogP contribution in [-0.4, -0.2) is 22.8 Å². The summed E-state index contributed by atoms with van der Waals surface area (Å²) in [5.41, 5.74) is 1.97. The predicted octanol–water partition coefficient (Wildman–Crippen LogP) is 2.69. The van der Waals surface area contributed by atoms with Crippen molar-refractivity contribution in [3.05, 3.63) is 30.6 Å². The Morgan fingerprint density at radius 3 is 2.53 bits per heavy atom. The van der Waals surface area contributed by atoms with E-state index >= 15 is 0 Å². The number of benzene rings is 1. The third kappa shape index (κ3) is 2.45. The second kappa shape index (κ2) is 4.76. The van der Waals surface area contributed by atoms with Crippen molar-refractivity contribution in [2.24, 2.45) is 0 Å². The fourth-order valence-corrected chi connectivity index (χ4v) is 1.89. The number of aromatic nitrogens is 2. The van der Waals surface area contributed by atoms with Crippen LogP contribution in [0, 0.1) is 0 Å².